The zero-order valence-electron chi connectivity index (χ0n) is 16.6. The van der Waals surface area contributed by atoms with Crippen LogP contribution in [0.15, 0.2) is 40.3 Å². The van der Waals surface area contributed by atoms with Crippen molar-refractivity contribution in [3.63, 3.8) is 0 Å². The molecule has 1 saturated heterocycles. The highest BCUT2D eigenvalue weighted by molar-refractivity contribution is 7.07. The zero-order valence-corrected chi connectivity index (χ0v) is 17.4. The molecule has 12 heteroatoms. The maximum Gasteiger partial charge on any atom is 0.419 e. The first kappa shape index (κ1) is 20.6. The highest BCUT2D eigenvalue weighted by atomic mass is 32.1. The average Bonchev–Trinajstić information content (AvgIpc) is 3.44. The third-order valence-electron chi connectivity index (χ3n) is 5.39. The van der Waals surface area contributed by atoms with Gasteiger partial charge in [0.15, 0.2) is 5.82 Å². The predicted octanol–water partition coefficient (Wildman–Crippen LogP) is 3.42. The van der Waals surface area contributed by atoms with Gasteiger partial charge in [-0.2, -0.15) is 13.2 Å². The van der Waals surface area contributed by atoms with Gasteiger partial charge in [0.1, 0.15) is 11.1 Å². The van der Waals surface area contributed by atoms with Gasteiger partial charge in [0.25, 0.3) is 5.56 Å². The van der Waals surface area contributed by atoms with Crippen LogP contribution in [0.4, 0.5) is 19.1 Å². The maximum absolute atomic E-state index is 13.8. The summed E-state index contributed by atoms with van der Waals surface area (Å²) in [4.78, 5) is 28.0. The zero-order chi connectivity index (χ0) is 22.3. The van der Waals surface area contributed by atoms with Crippen LogP contribution in [0.1, 0.15) is 18.4 Å². The standard InChI is InChI=1S/C20H18F3N7OS/c21-20(22,23)14-8-26-19(28-11-2-1-4-24-6-11)29-16(14)13-7-25-17-12(13)3-5-30(18(17)31)15-9-32-10-27-15/h3,5,7-11,24-25H,1-2,4,6H2,(H,26,28,29). The van der Waals surface area contributed by atoms with Gasteiger partial charge in [-0.05, 0) is 25.5 Å². The fourth-order valence-corrected chi connectivity index (χ4v) is 4.37. The molecule has 0 amide bonds. The van der Waals surface area contributed by atoms with E-state index in [0.29, 0.717) is 17.7 Å². The Morgan fingerprint density at radius 1 is 1.28 bits per heavy atom. The Kier molecular flexibility index (Phi) is 5.18. The number of halogens is 3. The Bertz CT molecular complexity index is 1310. The number of aromatic nitrogens is 5. The van der Waals surface area contributed by atoms with E-state index in [-0.39, 0.29) is 28.8 Å². The van der Waals surface area contributed by atoms with Crippen LogP contribution in [0, 0.1) is 0 Å². The molecular weight excluding hydrogens is 443 g/mol. The number of nitrogens with one attached hydrogen (secondary N) is 3. The molecule has 8 nitrogen and oxygen atoms in total. The van der Waals surface area contributed by atoms with E-state index >= 15 is 0 Å². The number of piperidine rings is 1. The number of pyridine rings is 1. The molecule has 0 spiro atoms. The molecule has 0 saturated carbocycles. The van der Waals surface area contributed by atoms with Crippen LogP contribution in [-0.4, -0.2) is 43.6 Å². The SMILES string of the molecule is O=c1c2[nH]cc(-c3nc(NC4CCCNC4)ncc3C(F)(F)F)c2ccn1-c1cscn1. The van der Waals surface area contributed by atoms with E-state index in [2.05, 4.69) is 30.6 Å². The van der Waals surface area contributed by atoms with Crippen molar-refractivity contribution in [2.24, 2.45) is 0 Å². The van der Waals surface area contributed by atoms with Crippen LogP contribution < -0.4 is 16.2 Å². The number of hydrogen-bond acceptors (Lipinski definition) is 7. The van der Waals surface area contributed by atoms with Gasteiger partial charge in [-0.1, -0.05) is 0 Å². The Hall–Kier alpha value is -3.25. The molecule has 4 aromatic rings. The molecule has 1 atom stereocenters. The fourth-order valence-electron chi connectivity index (χ4n) is 3.84. The van der Waals surface area contributed by atoms with Crippen LogP contribution in [0.25, 0.3) is 28.0 Å². The minimum atomic E-state index is -4.65. The number of anilines is 1. The quantitative estimate of drug-likeness (QED) is 0.431. The van der Waals surface area contributed by atoms with Gasteiger partial charge < -0.3 is 15.6 Å². The molecule has 1 fully saturated rings. The van der Waals surface area contributed by atoms with Crippen molar-refractivity contribution < 1.29 is 13.2 Å². The summed E-state index contributed by atoms with van der Waals surface area (Å²) >= 11 is 1.34. The van der Waals surface area contributed by atoms with E-state index in [9.17, 15) is 18.0 Å². The molecule has 1 unspecified atom stereocenters. The predicted molar refractivity (Wildman–Crippen MR) is 115 cm³/mol. The third-order valence-corrected chi connectivity index (χ3v) is 5.96. The summed E-state index contributed by atoms with van der Waals surface area (Å²) in [5.41, 5.74) is 0.299. The summed E-state index contributed by atoms with van der Waals surface area (Å²) in [5, 5.41) is 8.40. The summed E-state index contributed by atoms with van der Waals surface area (Å²) in [5.74, 6) is 0.565. The third kappa shape index (κ3) is 3.75. The van der Waals surface area contributed by atoms with Crippen molar-refractivity contribution in [2.45, 2.75) is 25.1 Å². The Balaban J connectivity index is 1.61. The van der Waals surface area contributed by atoms with Gasteiger partial charge in [-0.25, -0.2) is 15.0 Å². The van der Waals surface area contributed by atoms with Crippen molar-refractivity contribution in [1.82, 2.24) is 29.8 Å². The van der Waals surface area contributed by atoms with Crippen molar-refractivity contribution in [3.8, 4) is 17.1 Å². The lowest BCUT2D eigenvalue weighted by molar-refractivity contribution is -0.137. The summed E-state index contributed by atoms with van der Waals surface area (Å²) < 4.78 is 42.6. The molecule has 0 bridgehead atoms. The van der Waals surface area contributed by atoms with Gasteiger partial charge >= 0.3 is 6.18 Å². The van der Waals surface area contributed by atoms with Crippen molar-refractivity contribution >= 4 is 28.2 Å². The van der Waals surface area contributed by atoms with Gasteiger partial charge in [0.2, 0.25) is 5.95 Å². The number of rotatable bonds is 4. The Morgan fingerprint density at radius 2 is 2.16 bits per heavy atom. The fraction of sp³-hybridized carbons (Fsp3) is 0.300. The monoisotopic (exact) mass is 461 g/mol. The number of alkyl halides is 3. The van der Waals surface area contributed by atoms with Crippen LogP contribution in [0.3, 0.4) is 0 Å². The lowest BCUT2D eigenvalue weighted by Gasteiger charge is -2.24. The summed E-state index contributed by atoms with van der Waals surface area (Å²) in [6, 6.07) is 1.61. The van der Waals surface area contributed by atoms with Gasteiger partial charge in [-0.15, -0.1) is 11.3 Å². The largest absolute Gasteiger partial charge is 0.419 e. The molecule has 3 N–H and O–H groups in total. The van der Waals surface area contributed by atoms with Crippen LogP contribution in [0.2, 0.25) is 0 Å². The average molecular weight is 461 g/mol. The van der Waals surface area contributed by atoms with Gasteiger partial charge in [0, 0.05) is 47.5 Å². The molecule has 0 aromatic carbocycles. The summed E-state index contributed by atoms with van der Waals surface area (Å²) in [7, 11) is 0. The lowest BCUT2D eigenvalue weighted by atomic mass is 10.1. The van der Waals surface area contributed by atoms with E-state index in [1.807, 2.05) is 0 Å². The van der Waals surface area contributed by atoms with Crippen molar-refractivity contribution in [1.29, 1.82) is 0 Å². The first-order valence-electron chi connectivity index (χ1n) is 9.95. The van der Waals surface area contributed by atoms with Gasteiger partial charge in [0.05, 0.1) is 11.2 Å². The van der Waals surface area contributed by atoms with Gasteiger partial charge in [-0.3, -0.25) is 9.36 Å². The molecular formula is C20H18F3N7OS. The van der Waals surface area contributed by atoms with Crippen LogP contribution in [-0.2, 0) is 6.18 Å². The molecule has 1 aliphatic rings. The second-order valence-corrected chi connectivity index (χ2v) is 8.19. The summed E-state index contributed by atoms with van der Waals surface area (Å²) in [6.45, 7) is 1.59. The van der Waals surface area contributed by atoms with E-state index < -0.39 is 17.3 Å². The minimum Gasteiger partial charge on any atom is -0.356 e. The highest BCUT2D eigenvalue weighted by Crippen LogP contribution is 2.38. The molecule has 5 heterocycles. The minimum absolute atomic E-state index is 0.0293. The van der Waals surface area contributed by atoms with Crippen LogP contribution >= 0.6 is 11.3 Å². The maximum atomic E-state index is 13.8. The molecule has 0 aliphatic carbocycles. The molecule has 4 aromatic heterocycles. The number of fused-ring (bicyclic) bond motifs is 1. The number of thiazole rings is 1. The topological polar surface area (TPSA) is 101 Å². The van der Waals surface area contributed by atoms with E-state index in [4.69, 9.17) is 0 Å². The smallest absolute Gasteiger partial charge is 0.356 e. The number of hydrogen-bond donors (Lipinski definition) is 3. The first-order valence-corrected chi connectivity index (χ1v) is 10.9. The highest BCUT2D eigenvalue weighted by Gasteiger charge is 2.36. The molecule has 166 valence electrons. The first-order chi connectivity index (χ1) is 15.4. The second-order valence-electron chi connectivity index (χ2n) is 7.47. The lowest BCUT2D eigenvalue weighted by Crippen LogP contribution is -2.38. The van der Waals surface area contributed by atoms with Crippen molar-refractivity contribution in [3.05, 3.63) is 51.5 Å². The Labute approximate surface area is 183 Å². The number of aromatic amines is 1. The summed E-state index contributed by atoms with van der Waals surface area (Å²) in [6.07, 6.45) is 0.837. The Morgan fingerprint density at radius 3 is 2.88 bits per heavy atom. The van der Waals surface area contributed by atoms with Crippen LogP contribution in [0.5, 0.6) is 0 Å². The molecule has 5 rings (SSSR count). The number of H-pyrrole nitrogens is 1. The van der Waals surface area contributed by atoms with E-state index in [0.717, 1.165) is 25.6 Å². The van der Waals surface area contributed by atoms with E-state index in [1.165, 1.54) is 28.3 Å². The number of nitrogens with zero attached hydrogens (tertiary/aromatic N) is 4. The van der Waals surface area contributed by atoms with Crippen molar-refractivity contribution in [2.75, 3.05) is 18.4 Å². The molecule has 1 aliphatic heterocycles. The van der Waals surface area contributed by atoms with E-state index in [1.54, 1.807) is 17.0 Å². The molecule has 0 radical (unpaired) electrons. The second kappa shape index (κ2) is 8.02. The molecule has 32 heavy (non-hydrogen) atoms. The normalized spacial score (nSPS) is 17.0.